The molecule has 0 saturated heterocycles. The first-order valence-electron chi connectivity index (χ1n) is 8.44. The van der Waals surface area contributed by atoms with Crippen LogP contribution >= 0.6 is 0 Å². The van der Waals surface area contributed by atoms with Crippen LogP contribution in [0.2, 0.25) is 0 Å². The average Bonchev–Trinajstić information content (AvgIpc) is 3.13. The van der Waals surface area contributed by atoms with Crippen molar-refractivity contribution in [2.24, 2.45) is 10.6 Å². The van der Waals surface area contributed by atoms with Crippen LogP contribution in [0.15, 0.2) is 53.6 Å². The fourth-order valence-corrected chi connectivity index (χ4v) is 4.35. The molecule has 1 fully saturated rings. The molecule has 27 heavy (non-hydrogen) atoms. The first kappa shape index (κ1) is 18.2. The zero-order valence-corrected chi connectivity index (χ0v) is 15.0. The number of pyridine rings is 1. The number of hydrogen-bond donors (Lipinski definition) is 1. The SMILES string of the molecule is NS(=O)(=O)c1ccc(C2CC23CC=C(c2ccc(C(F)(F)F)cc2)C3)nc1. The summed E-state index contributed by atoms with van der Waals surface area (Å²) in [5, 5.41) is 5.09. The van der Waals surface area contributed by atoms with Crippen molar-refractivity contribution in [3.8, 4) is 0 Å². The largest absolute Gasteiger partial charge is 0.416 e. The third-order valence-electron chi connectivity index (χ3n) is 5.52. The molecule has 8 heteroatoms. The van der Waals surface area contributed by atoms with Crippen molar-refractivity contribution in [1.29, 1.82) is 0 Å². The number of aromatic nitrogens is 1. The van der Waals surface area contributed by atoms with Gasteiger partial charge in [0.1, 0.15) is 4.90 Å². The van der Waals surface area contributed by atoms with Gasteiger partial charge >= 0.3 is 6.18 Å². The molecule has 4 rings (SSSR count). The minimum absolute atomic E-state index is 0.0176. The van der Waals surface area contributed by atoms with Crippen molar-refractivity contribution in [2.45, 2.75) is 36.3 Å². The van der Waals surface area contributed by atoms with E-state index in [1.54, 1.807) is 6.07 Å². The molecule has 2 aliphatic carbocycles. The topological polar surface area (TPSA) is 73.1 Å². The Balaban J connectivity index is 1.47. The zero-order chi connectivity index (χ0) is 19.4. The van der Waals surface area contributed by atoms with Gasteiger partial charge in [0.05, 0.1) is 5.56 Å². The maximum absolute atomic E-state index is 12.7. The summed E-state index contributed by atoms with van der Waals surface area (Å²) < 4.78 is 60.8. The number of sulfonamides is 1. The van der Waals surface area contributed by atoms with Crippen LogP contribution in [0.4, 0.5) is 13.2 Å². The van der Waals surface area contributed by atoms with E-state index in [-0.39, 0.29) is 16.2 Å². The van der Waals surface area contributed by atoms with E-state index in [1.807, 2.05) is 0 Å². The number of hydrogen-bond acceptors (Lipinski definition) is 3. The second kappa shape index (κ2) is 5.90. The molecular weight excluding hydrogens is 377 g/mol. The summed E-state index contributed by atoms with van der Waals surface area (Å²) in [5.74, 6) is 0.218. The summed E-state index contributed by atoms with van der Waals surface area (Å²) >= 11 is 0. The fraction of sp³-hybridized carbons (Fsp3) is 0.316. The zero-order valence-electron chi connectivity index (χ0n) is 14.2. The number of halogens is 3. The minimum Gasteiger partial charge on any atom is -0.260 e. The first-order valence-corrected chi connectivity index (χ1v) is 9.99. The van der Waals surface area contributed by atoms with Gasteiger partial charge in [0.2, 0.25) is 10.0 Å². The van der Waals surface area contributed by atoms with E-state index in [0.29, 0.717) is 0 Å². The highest BCUT2D eigenvalue weighted by molar-refractivity contribution is 7.89. The molecule has 0 aliphatic heterocycles. The predicted octanol–water partition coefficient (Wildman–Crippen LogP) is 4.10. The van der Waals surface area contributed by atoms with E-state index >= 15 is 0 Å². The van der Waals surface area contributed by atoms with Gasteiger partial charge in [0.15, 0.2) is 0 Å². The number of nitrogens with zero attached hydrogens (tertiary/aromatic N) is 1. The van der Waals surface area contributed by atoms with Gasteiger partial charge in [0, 0.05) is 17.8 Å². The minimum atomic E-state index is -4.33. The van der Waals surface area contributed by atoms with Crippen LogP contribution in [0.3, 0.4) is 0 Å². The van der Waals surface area contributed by atoms with E-state index in [2.05, 4.69) is 11.1 Å². The maximum Gasteiger partial charge on any atom is 0.416 e. The van der Waals surface area contributed by atoms with Gasteiger partial charge < -0.3 is 0 Å². The van der Waals surface area contributed by atoms with Crippen LogP contribution in [-0.4, -0.2) is 13.4 Å². The molecule has 2 aliphatic rings. The van der Waals surface area contributed by atoms with Crippen molar-refractivity contribution in [2.75, 3.05) is 0 Å². The lowest BCUT2D eigenvalue weighted by Gasteiger charge is -2.11. The summed E-state index contributed by atoms with van der Waals surface area (Å²) in [5.41, 5.74) is 2.07. The van der Waals surface area contributed by atoms with E-state index in [0.717, 1.165) is 48.2 Å². The van der Waals surface area contributed by atoms with Gasteiger partial charge in [-0.3, -0.25) is 4.98 Å². The molecule has 2 aromatic rings. The highest BCUT2D eigenvalue weighted by Crippen LogP contribution is 2.68. The Kier molecular flexibility index (Phi) is 3.98. The third kappa shape index (κ3) is 3.39. The molecule has 1 aromatic carbocycles. The molecule has 1 heterocycles. The molecule has 2 N–H and O–H groups in total. The summed E-state index contributed by atoms with van der Waals surface area (Å²) in [6.45, 7) is 0. The smallest absolute Gasteiger partial charge is 0.260 e. The van der Waals surface area contributed by atoms with E-state index in [4.69, 9.17) is 5.14 Å². The second-order valence-electron chi connectivity index (χ2n) is 7.27. The van der Waals surface area contributed by atoms with Gasteiger partial charge in [-0.1, -0.05) is 18.2 Å². The highest BCUT2D eigenvalue weighted by atomic mass is 32.2. The monoisotopic (exact) mass is 394 g/mol. The molecule has 0 bridgehead atoms. The number of nitrogens with two attached hydrogens (primary N) is 1. The lowest BCUT2D eigenvalue weighted by Crippen LogP contribution is -2.12. The molecule has 1 aromatic heterocycles. The Morgan fingerprint density at radius 1 is 1.11 bits per heavy atom. The van der Waals surface area contributed by atoms with Crippen molar-refractivity contribution in [3.05, 3.63) is 65.5 Å². The average molecular weight is 394 g/mol. The molecule has 2 unspecified atom stereocenters. The molecule has 0 amide bonds. The van der Waals surface area contributed by atoms with E-state index < -0.39 is 21.8 Å². The number of benzene rings is 1. The third-order valence-corrected chi connectivity index (χ3v) is 6.41. The molecular formula is C19H17F3N2O2S. The number of primary sulfonamides is 1. The summed E-state index contributed by atoms with van der Waals surface area (Å²) in [6, 6.07) is 8.41. The summed E-state index contributed by atoms with van der Waals surface area (Å²) in [4.78, 5) is 4.24. The molecule has 0 radical (unpaired) electrons. The summed E-state index contributed by atoms with van der Waals surface area (Å²) in [7, 11) is -3.76. The molecule has 142 valence electrons. The second-order valence-corrected chi connectivity index (χ2v) is 8.83. The number of alkyl halides is 3. The predicted molar refractivity (Wildman–Crippen MR) is 94.1 cm³/mol. The standard InChI is InChI=1S/C19H17F3N2O2S/c20-19(21,22)14-3-1-12(2-4-14)13-7-8-18(9-13)10-16(18)17-6-5-15(11-24-17)27(23,25)26/h1-7,11,16H,8-10H2,(H2,23,25,26). The Morgan fingerprint density at radius 2 is 1.81 bits per heavy atom. The molecule has 1 spiro atoms. The quantitative estimate of drug-likeness (QED) is 0.852. The van der Waals surface area contributed by atoms with Crippen LogP contribution < -0.4 is 5.14 Å². The lowest BCUT2D eigenvalue weighted by atomic mass is 9.95. The number of rotatable bonds is 3. The van der Waals surface area contributed by atoms with Gasteiger partial charge in [-0.05, 0) is 60.1 Å². The van der Waals surface area contributed by atoms with Crippen LogP contribution in [0.25, 0.3) is 5.57 Å². The van der Waals surface area contributed by atoms with E-state index in [9.17, 15) is 21.6 Å². The normalized spacial score (nSPS) is 24.9. The Labute approximate surface area is 155 Å². The fourth-order valence-electron chi connectivity index (χ4n) is 3.90. The van der Waals surface area contributed by atoms with Gasteiger partial charge in [0.25, 0.3) is 0 Å². The Morgan fingerprint density at radius 3 is 2.37 bits per heavy atom. The Hall–Kier alpha value is -2.19. The van der Waals surface area contributed by atoms with Gasteiger partial charge in [-0.15, -0.1) is 0 Å². The van der Waals surface area contributed by atoms with Crippen molar-refractivity contribution in [3.63, 3.8) is 0 Å². The van der Waals surface area contributed by atoms with Crippen LogP contribution in [0.5, 0.6) is 0 Å². The van der Waals surface area contributed by atoms with Crippen LogP contribution in [0.1, 0.15) is 42.0 Å². The molecule has 4 nitrogen and oxygen atoms in total. The van der Waals surface area contributed by atoms with E-state index in [1.165, 1.54) is 24.4 Å². The first-order chi connectivity index (χ1) is 12.6. The highest BCUT2D eigenvalue weighted by Gasteiger charge is 2.56. The number of allylic oxidation sites excluding steroid dienone is 2. The molecule has 2 atom stereocenters. The summed E-state index contributed by atoms with van der Waals surface area (Å²) in [6.07, 6.45) is 1.57. The van der Waals surface area contributed by atoms with Gasteiger partial charge in [-0.25, -0.2) is 13.6 Å². The van der Waals surface area contributed by atoms with Crippen LogP contribution in [-0.2, 0) is 16.2 Å². The van der Waals surface area contributed by atoms with Gasteiger partial charge in [-0.2, -0.15) is 13.2 Å². The van der Waals surface area contributed by atoms with Crippen molar-refractivity contribution >= 4 is 15.6 Å². The maximum atomic E-state index is 12.7. The molecule has 1 saturated carbocycles. The van der Waals surface area contributed by atoms with Crippen molar-refractivity contribution in [1.82, 2.24) is 4.98 Å². The lowest BCUT2D eigenvalue weighted by molar-refractivity contribution is -0.137. The van der Waals surface area contributed by atoms with Crippen LogP contribution in [0, 0.1) is 5.41 Å². The Bertz CT molecular complexity index is 1010. The van der Waals surface area contributed by atoms with Crippen molar-refractivity contribution < 1.29 is 21.6 Å².